The Morgan fingerprint density at radius 3 is 2.40 bits per heavy atom. The molecular formula is C18H15N3O4. The van der Waals surface area contributed by atoms with Crippen LogP contribution in [0, 0.1) is 21.4 Å². The summed E-state index contributed by atoms with van der Waals surface area (Å²) in [6, 6.07) is 14.6. The fraction of sp³-hybridized carbons (Fsp3) is 0.111. The van der Waals surface area contributed by atoms with Crippen molar-refractivity contribution in [2.24, 2.45) is 0 Å². The fourth-order valence-electron chi connectivity index (χ4n) is 2.03. The number of carbonyl (C=O) groups excluding carboxylic acids is 1. The van der Waals surface area contributed by atoms with Crippen molar-refractivity contribution in [1.29, 1.82) is 5.26 Å². The van der Waals surface area contributed by atoms with Crippen LogP contribution in [0.4, 0.5) is 5.69 Å². The maximum absolute atomic E-state index is 12.1. The van der Waals surface area contributed by atoms with Crippen LogP contribution in [-0.4, -0.2) is 17.9 Å². The number of nitrogens with one attached hydrogen (secondary N) is 1. The van der Waals surface area contributed by atoms with E-state index in [1.807, 2.05) is 18.2 Å². The Bertz CT molecular complexity index is 834. The third-order valence-corrected chi connectivity index (χ3v) is 3.39. The van der Waals surface area contributed by atoms with Gasteiger partial charge in [0, 0.05) is 18.7 Å². The van der Waals surface area contributed by atoms with Crippen molar-refractivity contribution in [3.8, 4) is 11.8 Å². The first-order chi connectivity index (χ1) is 12.0. The summed E-state index contributed by atoms with van der Waals surface area (Å²) in [5.74, 6) is 0.197. The minimum Gasteiger partial charge on any atom is -0.497 e. The molecule has 0 bridgehead atoms. The zero-order valence-electron chi connectivity index (χ0n) is 13.4. The zero-order valence-corrected chi connectivity index (χ0v) is 13.4. The quantitative estimate of drug-likeness (QED) is 0.378. The number of carbonyl (C=O) groups is 1. The van der Waals surface area contributed by atoms with Gasteiger partial charge in [-0.05, 0) is 41.5 Å². The topological polar surface area (TPSA) is 105 Å². The third kappa shape index (κ3) is 4.91. The SMILES string of the molecule is COc1ccc(CNC(=O)/C(C#N)=C/c2ccc([N+](=O)[O-])cc2)cc1. The average Bonchev–Trinajstić information content (AvgIpc) is 2.64. The normalized spacial score (nSPS) is 10.6. The highest BCUT2D eigenvalue weighted by atomic mass is 16.6. The fourth-order valence-corrected chi connectivity index (χ4v) is 2.03. The van der Waals surface area contributed by atoms with Crippen molar-refractivity contribution in [2.45, 2.75) is 6.54 Å². The molecular weight excluding hydrogens is 322 g/mol. The number of benzene rings is 2. The van der Waals surface area contributed by atoms with E-state index >= 15 is 0 Å². The summed E-state index contributed by atoms with van der Waals surface area (Å²) in [6.45, 7) is 0.266. The summed E-state index contributed by atoms with van der Waals surface area (Å²) in [5.41, 5.74) is 1.26. The van der Waals surface area contributed by atoms with Crippen LogP contribution in [0.2, 0.25) is 0 Å². The molecule has 0 unspecified atom stereocenters. The van der Waals surface area contributed by atoms with Gasteiger partial charge in [-0.2, -0.15) is 5.26 Å². The van der Waals surface area contributed by atoms with Crippen molar-refractivity contribution in [1.82, 2.24) is 5.32 Å². The maximum atomic E-state index is 12.1. The Kier molecular flexibility index (Phi) is 5.85. The second-order valence-electron chi connectivity index (χ2n) is 5.05. The Hall–Kier alpha value is -3.66. The number of amides is 1. The van der Waals surface area contributed by atoms with Crippen LogP contribution in [0.3, 0.4) is 0 Å². The molecule has 126 valence electrons. The largest absolute Gasteiger partial charge is 0.497 e. The molecule has 0 spiro atoms. The summed E-state index contributed by atoms with van der Waals surface area (Å²) in [5, 5.41) is 22.4. The Balaban J connectivity index is 2.04. The molecule has 1 N–H and O–H groups in total. The summed E-state index contributed by atoms with van der Waals surface area (Å²) < 4.78 is 5.06. The molecule has 7 nitrogen and oxygen atoms in total. The number of nitro groups is 1. The van der Waals surface area contributed by atoms with Crippen molar-refractivity contribution in [3.05, 3.63) is 75.3 Å². The molecule has 0 fully saturated rings. The molecule has 0 radical (unpaired) electrons. The second kappa shape index (κ2) is 8.26. The van der Waals surface area contributed by atoms with Gasteiger partial charge in [0.25, 0.3) is 11.6 Å². The number of hydrogen-bond donors (Lipinski definition) is 1. The highest BCUT2D eigenvalue weighted by molar-refractivity contribution is 6.01. The Labute approximate surface area is 144 Å². The highest BCUT2D eigenvalue weighted by Crippen LogP contribution is 2.15. The zero-order chi connectivity index (χ0) is 18.2. The van der Waals surface area contributed by atoms with Gasteiger partial charge in [-0.3, -0.25) is 14.9 Å². The van der Waals surface area contributed by atoms with E-state index < -0.39 is 10.8 Å². The number of nitriles is 1. The van der Waals surface area contributed by atoms with E-state index in [2.05, 4.69) is 5.32 Å². The van der Waals surface area contributed by atoms with Gasteiger partial charge in [-0.25, -0.2) is 0 Å². The van der Waals surface area contributed by atoms with Gasteiger partial charge in [0.2, 0.25) is 0 Å². The summed E-state index contributed by atoms with van der Waals surface area (Å²) in [7, 11) is 1.57. The predicted octanol–water partition coefficient (Wildman–Crippen LogP) is 2.83. The molecule has 1 amide bonds. The van der Waals surface area contributed by atoms with E-state index in [0.717, 1.165) is 5.56 Å². The van der Waals surface area contributed by atoms with Crippen molar-refractivity contribution >= 4 is 17.7 Å². The van der Waals surface area contributed by atoms with E-state index in [4.69, 9.17) is 10.00 Å². The first kappa shape index (κ1) is 17.7. The van der Waals surface area contributed by atoms with E-state index in [1.54, 1.807) is 19.2 Å². The predicted molar refractivity (Wildman–Crippen MR) is 91.5 cm³/mol. The molecule has 0 saturated heterocycles. The number of methoxy groups -OCH3 is 1. The molecule has 0 aliphatic heterocycles. The number of hydrogen-bond acceptors (Lipinski definition) is 5. The number of ether oxygens (including phenoxy) is 1. The first-order valence-corrected chi connectivity index (χ1v) is 7.31. The number of rotatable bonds is 6. The van der Waals surface area contributed by atoms with Gasteiger partial charge in [0.05, 0.1) is 12.0 Å². The van der Waals surface area contributed by atoms with Gasteiger partial charge < -0.3 is 10.1 Å². The monoisotopic (exact) mass is 337 g/mol. The van der Waals surface area contributed by atoms with Gasteiger partial charge >= 0.3 is 0 Å². The number of nitro benzene ring substituents is 1. The molecule has 0 aromatic heterocycles. The van der Waals surface area contributed by atoms with Gasteiger partial charge in [0.15, 0.2) is 0 Å². The standard InChI is InChI=1S/C18H15N3O4/c1-25-17-8-4-14(5-9-17)12-20-18(22)15(11-19)10-13-2-6-16(7-3-13)21(23)24/h2-10H,12H2,1H3,(H,20,22)/b15-10+. The van der Waals surface area contributed by atoms with Crippen molar-refractivity contribution in [2.75, 3.05) is 7.11 Å². The van der Waals surface area contributed by atoms with Crippen molar-refractivity contribution < 1.29 is 14.5 Å². The van der Waals surface area contributed by atoms with Crippen molar-refractivity contribution in [3.63, 3.8) is 0 Å². The average molecular weight is 337 g/mol. The van der Waals surface area contributed by atoms with E-state index in [-0.39, 0.29) is 17.8 Å². The number of non-ortho nitro benzene ring substituents is 1. The van der Waals surface area contributed by atoms with Crippen LogP contribution in [-0.2, 0) is 11.3 Å². The Morgan fingerprint density at radius 1 is 1.24 bits per heavy atom. The molecule has 0 aliphatic rings. The van der Waals surface area contributed by atoms with Gasteiger partial charge in [0.1, 0.15) is 17.4 Å². The first-order valence-electron chi connectivity index (χ1n) is 7.31. The molecule has 25 heavy (non-hydrogen) atoms. The molecule has 0 atom stereocenters. The Morgan fingerprint density at radius 2 is 1.88 bits per heavy atom. The minimum atomic E-state index is -0.517. The molecule has 2 aromatic carbocycles. The van der Waals surface area contributed by atoms with E-state index in [9.17, 15) is 14.9 Å². The van der Waals surface area contributed by atoms with Crippen LogP contribution >= 0.6 is 0 Å². The van der Waals surface area contributed by atoms with E-state index in [0.29, 0.717) is 11.3 Å². The van der Waals surface area contributed by atoms with Gasteiger partial charge in [-0.1, -0.05) is 12.1 Å². The van der Waals surface area contributed by atoms with Crippen LogP contribution < -0.4 is 10.1 Å². The van der Waals surface area contributed by atoms with Gasteiger partial charge in [-0.15, -0.1) is 0 Å². The summed E-state index contributed by atoms with van der Waals surface area (Å²) in [6.07, 6.45) is 1.38. The lowest BCUT2D eigenvalue weighted by Crippen LogP contribution is -2.23. The maximum Gasteiger partial charge on any atom is 0.269 e. The van der Waals surface area contributed by atoms with Crippen LogP contribution in [0.5, 0.6) is 5.75 Å². The number of nitrogens with zero attached hydrogens (tertiary/aromatic N) is 2. The second-order valence-corrected chi connectivity index (χ2v) is 5.05. The summed E-state index contributed by atoms with van der Waals surface area (Å²) >= 11 is 0. The molecule has 0 heterocycles. The minimum absolute atomic E-state index is 0.0559. The van der Waals surface area contributed by atoms with Crippen LogP contribution in [0.25, 0.3) is 6.08 Å². The smallest absolute Gasteiger partial charge is 0.269 e. The third-order valence-electron chi connectivity index (χ3n) is 3.39. The lowest BCUT2D eigenvalue weighted by Gasteiger charge is -2.06. The lowest BCUT2D eigenvalue weighted by atomic mass is 10.1. The van der Waals surface area contributed by atoms with Crippen LogP contribution in [0.15, 0.2) is 54.1 Å². The lowest BCUT2D eigenvalue weighted by molar-refractivity contribution is -0.384. The molecule has 2 aromatic rings. The highest BCUT2D eigenvalue weighted by Gasteiger charge is 2.10. The van der Waals surface area contributed by atoms with E-state index in [1.165, 1.54) is 30.3 Å². The summed E-state index contributed by atoms with van der Waals surface area (Å²) in [4.78, 5) is 22.2. The van der Waals surface area contributed by atoms with Crippen LogP contribution in [0.1, 0.15) is 11.1 Å². The molecule has 0 saturated carbocycles. The molecule has 2 rings (SSSR count). The molecule has 7 heteroatoms. The molecule has 0 aliphatic carbocycles.